The van der Waals surface area contributed by atoms with E-state index in [9.17, 15) is 13.2 Å². The molecule has 0 aliphatic heterocycles. The van der Waals surface area contributed by atoms with Crippen molar-refractivity contribution >= 4 is 5.57 Å². The number of ether oxygens (including phenoxy) is 1. The Labute approximate surface area is 173 Å². The van der Waals surface area contributed by atoms with Gasteiger partial charge in [-0.3, -0.25) is 0 Å². The zero-order valence-electron chi connectivity index (χ0n) is 17.4. The number of hydrogen-bond donors (Lipinski definition) is 0. The van der Waals surface area contributed by atoms with E-state index in [4.69, 9.17) is 0 Å². The molecule has 1 atom stereocenters. The molecule has 2 aliphatic carbocycles. The minimum atomic E-state index is -4.65. The lowest BCUT2D eigenvalue weighted by Crippen LogP contribution is -2.21. The molecular formula is C25H33F3O. The van der Waals surface area contributed by atoms with Crippen LogP contribution in [-0.2, 0) is 0 Å². The smallest absolute Gasteiger partial charge is 0.406 e. The minimum Gasteiger partial charge on any atom is -0.406 e. The molecule has 0 saturated heterocycles. The van der Waals surface area contributed by atoms with Crippen LogP contribution in [0.25, 0.3) is 5.57 Å². The molecule has 0 aromatic heterocycles. The normalized spacial score (nSPS) is 25.0. The van der Waals surface area contributed by atoms with E-state index in [0.717, 1.165) is 29.4 Å². The SMILES string of the molecule is CCCCCC[C@H]1CC[C@H](C2C=CC(c3ccc(OC(F)(F)F)cc3)=CC2)CC1. The highest BCUT2D eigenvalue weighted by molar-refractivity contribution is 5.75. The largest absolute Gasteiger partial charge is 0.573 e. The van der Waals surface area contributed by atoms with E-state index in [1.807, 2.05) is 0 Å². The summed E-state index contributed by atoms with van der Waals surface area (Å²) >= 11 is 0. The van der Waals surface area contributed by atoms with Crippen LogP contribution in [0.2, 0.25) is 0 Å². The Kier molecular flexibility index (Phi) is 7.85. The Bertz CT molecular complexity index is 679. The fourth-order valence-electron chi connectivity index (χ4n) is 4.81. The number of halogens is 3. The van der Waals surface area contributed by atoms with Crippen LogP contribution in [0.5, 0.6) is 5.75 Å². The van der Waals surface area contributed by atoms with Gasteiger partial charge in [0.15, 0.2) is 0 Å². The first kappa shape index (κ1) is 22.0. The zero-order chi connectivity index (χ0) is 20.7. The molecular weight excluding hydrogens is 373 g/mol. The minimum absolute atomic E-state index is 0.175. The first-order valence-electron chi connectivity index (χ1n) is 11.2. The molecule has 0 N–H and O–H groups in total. The Balaban J connectivity index is 1.45. The van der Waals surface area contributed by atoms with Gasteiger partial charge in [0, 0.05) is 0 Å². The van der Waals surface area contributed by atoms with Crippen molar-refractivity contribution in [1.82, 2.24) is 0 Å². The van der Waals surface area contributed by atoms with Gasteiger partial charge in [0.1, 0.15) is 5.75 Å². The number of alkyl halides is 3. The lowest BCUT2D eigenvalue weighted by atomic mass is 9.72. The van der Waals surface area contributed by atoms with E-state index >= 15 is 0 Å². The lowest BCUT2D eigenvalue weighted by molar-refractivity contribution is -0.274. The van der Waals surface area contributed by atoms with Crippen LogP contribution in [0.1, 0.15) is 76.7 Å². The van der Waals surface area contributed by atoms with Gasteiger partial charge in [-0.1, -0.05) is 82.2 Å². The molecule has 2 aliphatic rings. The van der Waals surface area contributed by atoms with E-state index in [-0.39, 0.29) is 5.75 Å². The number of benzene rings is 1. The number of rotatable bonds is 8. The fraction of sp³-hybridized carbons (Fsp3) is 0.600. The molecule has 1 nitrogen and oxygen atoms in total. The van der Waals surface area contributed by atoms with Crippen molar-refractivity contribution in [3.8, 4) is 5.75 Å². The van der Waals surface area contributed by atoms with E-state index in [0.29, 0.717) is 5.92 Å². The van der Waals surface area contributed by atoms with Gasteiger partial charge >= 0.3 is 6.36 Å². The topological polar surface area (TPSA) is 9.23 Å². The number of allylic oxidation sites excluding steroid dienone is 4. The molecule has 1 aromatic carbocycles. The first-order chi connectivity index (χ1) is 13.9. The van der Waals surface area contributed by atoms with Gasteiger partial charge in [-0.05, 0) is 60.3 Å². The summed E-state index contributed by atoms with van der Waals surface area (Å²) in [6.07, 6.45) is 15.4. The summed E-state index contributed by atoms with van der Waals surface area (Å²) in [5.41, 5.74) is 2.02. The van der Waals surface area contributed by atoms with Gasteiger partial charge in [-0.2, -0.15) is 0 Å². The summed E-state index contributed by atoms with van der Waals surface area (Å²) in [6.45, 7) is 2.26. The van der Waals surface area contributed by atoms with E-state index in [1.165, 1.54) is 69.9 Å². The molecule has 1 unspecified atom stereocenters. The van der Waals surface area contributed by atoms with Crippen LogP contribution >= 0.6 is 0 Å². The van der Waals surface area contributed by atoms with Gasteiger partial charge < -0.3 is 4.74 Å². The predicted molar refractivity (Wildman–Crippen MR) is 113 cm³/mol. The molecule has 1 aromatic rings. The maximum atomic E-state index is 12.3. The molecule has 0 bridgehead atoms. The second kappa shape index (κ2) is 10.4. The molecule has 160 valence electrons. The predicted octanol–water partition coefficient (Wildman–Crippen LogP) is 8.32. The molecule has 29 heavy (non-hydrogen) atoms. The highest BCUT2D eigenvalue weighted by Crippen LogP contribution is 2.39. The summed E-state index contributed by atoms with van der Waals surface area (Å²) < 4.78 is 40.8. The molecule has 3 rings (SSSR count). The quantitative estimate of drug-likeness (QED) is 0.394. The fourth-order valence-corrected chi connectivity index (χ4v) is 4.81. The van der Waals surface area contributed by atoms with Gasteiger partial charge in [0.05, 0.1) is 0 Å². The molecule has 0 heterocycles. The molecule has 0 spiro atoms. The Morgan fingerprint density at radius 1 is 0.966 bits per heavy atom. The Hall–Kier alpha value is -1.71. The van der Waals surface area contributed by atoms with Crippen molar-refractivity contribution in [3.63, 3.8) is 0 Å². The Morgan fingerprint density at radius 3 is 2.28 bits per heavy atom. The van der Waals surface area contributed by atoms with Crippen LogP contribution in [0.4, 0.5) is 13.2 Å². The van der Waals surface area contributed by atoms with Crippen LogP contribution in [0.15, 0.2) is 42.5 Å². The third-order valence-electron chi connectivity index (χ3n) is 6.52. The second-order valence-electron chi connectivity index (χ2n) is 8.62. The molecule has 1 fully saturated rings. The number of hydrogen-bond acceptors (Lipinski definition) is 1. The first-order valence-corrected chi connectivity index (χ1v) is 11.2. The standard InChI is InChI=1S/C25H33F3O/c1-2-3-4-5-6-19-7-9-20(10-8-19)21-11-13-22(14-12-21)23-15-17-24(18-16-23)29-25(26,27)28/h11,13-21H,2-10,12H2,1H3/t19-,20-,21?. The molecule has 0 amide bonds. The average molecular weight is 407 g/mol. The highest BCUT2D eigenvalue weighted by Gasteiger charge is 2.31. The summed E-state index contributed by atoms with van der Waals surface area (Å²) in [7, 11) is 0. The van der Waals surface area contributed by atoms with Crippen molar-refractivity contribution in [2.75, 3.05) is 0 Å². The molecule has 0 radical (unpaired) electrons. The summed E-state index contributed by atoms with van der Waals surface area (Å²) in [5.74, 6) is 2.14. The monoisotopic (exact) mass is 406 g/mol. The van der Waals surface area contributed by atoms with Gasteiger partial charge in [-0.15, -0.1) is 13.2 Å². The van der Waals surface area contributed by atoms with E-state index in [2.05, 4.69) is 29.9 Å². The molecule has 1 saturated carbocycles. The lowest BCUT2D eigenvalue weighted by Gasteiger charge is -2.33. The van der Waals surface area contributed by atoms with Crippen LogP contribution < -0.4 is 4.74 Å². The summed E-state index contributed by atoms with van der Waals surface area (Å²) in [4.78, 5) is 0. The van der Waals surface area contributed by atoms with Crippen LogP contribution in [0, 0.1) is 17.8 Å². The van der Waals surface area contributed by atoms with E-state index in [1.54, 1.807) is 12.1 Å². The maximum Gasteiger partial charge on any atom is 0.573 e. The van der Waals surface area contributed by atoms with Gasteiger partial charge in [-0.25, -0.2) is 0 Å². The van der Waals surface area contributed by atoms with Crippen LogP contribution in [0.3, 0.4) is 0 Å². The van der Waals surface area contributed by atoms with Crippen molar-refractivity contribution in [3.05, 3.63) is 48.1 Å². The van der Waals surface area contributed by atoms with Crippen LogP contribution in [-0.4, -0.2) is 6.36 Å². The third kappa shape index (κ3) is 6.94. The van der Waals surface area contributed by atoms with Crippen molar-refractivity contribution in [1.29, 1.82) is 0 Å². The summed E-state index contributed by atoms with van der Waals surface area (Å²) in [6, 6.07) is 6.15. The van der Waals surface area contributed by atoms with Gasteiger partial charge in [0.2, 0.25) is 0 Å². The van der Waals surface area contributed by atoms with Crippen molar-refractivity contribution < 1.29 is 17.9 Å². The van der Waals surface area contributed by atoms with Crippen molar-refractivity contribution in [2.45, 2.75) is 77.5 Å². The summed E-state index contributed by atoms with van der Waals surface area (Å²) in [5, 5.41) is 0. The molecule has 4 heteroatoms. The van der Waals surface area contributed by atoms with Crippen molar-refractivity contribution in [2.24, 2.45) is 17.8 Å². The third-order valence-corrected chi connectivity index (χ3v) is 6.52. The highest BCUT2D eigenvalue weighted by atomic mass is 19.4. The number of unbranched alkanes of at least 4 members (excludes halogenated alkanes) is 3. The van der Waals surface area contributed by atoms with E-state index < -0.39 is 6.36 Å². The Morgan fingerprint density at radius 2 is 1.69 bits per heavy atom. The maximum absolute atomic E-state index is 12.3. The average Bonchev–Trinajstić information content (AvgIpc) is 2.71. The zero-order valence-corrected chi connectivity index (χ0v) is 17.4. The second-order valence-corrected chi connectivity index (χ2v) is 8.62. The van der Waals surface area contributed by atoms with Gasteiger partial charge in [0.25, 0.3) is 0 Å².